The Morgan fingerprint density at radius 3 is 2.56 bits per heavy atom. The molecule has 1 fully saturated rings. The lowest BCUT2D eigenvalue weighted by molar-refractivity contribution is -0.142. The number of likely N-dealkylation sites (N-methyl/N-ethyl adjacent to an activating group) is 1. The number of hydrogen-bond acceptors (Lipinski definition) is 3. The van der Waals surface area contributed by atoms with Gasteiger partial charge in [-0.15, -0.1) is 0 Å². The number of hydrogen-bond donors (Lipinski definition) is 1. The summed E-state index contributed by atoms with van der Waals surface area (Å²) >= 11 is 0. The Labute approximate surface area is 146 Å². The summed E-state index contributed by atoms with van der Waals surface area (Å²) in [6.07, 6.45) is 1.50. The molecular formula is C20H22FNO3. The normalized spacial score (nSPS) is 20.6. The molecule has 2 aromatic carbocycles. The quantitative estimate of drug-likeness (QED) is 0.861. The van der Waals surface area contributed by atoms with Gasteiger partial charge in [0, 0.05) is 11.6 Å². The fourth-order valence-corrected chi connectivity index (χ4v) is 3.49. The number of nitrogens with zero attached hydrogens (tertiary/aromatic N) is 1. The smallest absolute Gasteiger partial charge is 0.320 e. The first-order chi connectivity index (χ1) is 12.1. The van der Waals surface area contributed by atoms with E-state index in [2.05, 4.69) is 0 Å². The summed E-state index contributed by atoms with van der Waals surface area (Å²) in [7, 11) is 0. The molecule has 1 saturated heterocycles. The second-order valence-corrected chi connectivity index (χ2v) is 6.23. The molecule has 0 amide bonds. The van der Waals surface area contributed by atoms with Crippen molar-refractivity contribution < 1.29 is 19.0 Å². The van der Waals surface area contributed by atoms with Gasteiger partial charge < -0.3 is 9.84 Å². The van der Waals surface area contributed by atoms with E-state index < -0.39 is 12.0 Å². The molecule has 3 rings (SSSR count). The van der Waals surface area contributed by atoms with Gasteiger partial charge in [0.15, 0.2) is 0 Å². The largest absolute Gasteiger partial charge is 0.489 e. The molecule has 0 saturated carbocycles. The minimum atomic E-state index is -0.755. The Bertz CT molecular complexity index is 732. The third kappa shape index (κ3) is 3.82. The van der Waals surface area contributed by atoms with Crippen LogP contribution in [0.25, 0.3) is 0 Å². The highest BCUT2D eigenvalue weighted by Gasteiger charge is 2.37. The van der Waals surface area contributed by atoms with Gasteiger partial charge in [0.05, 0.1) is 0 Å². The number of carbonyl (C=O) groups is 1. The van der Waals surface area contributed by atoms with Crippen LogP contribution in [0.4, 0.5) is 4.39 Å². The monoisotopic (exact) mass is 343 g/mol. The van der Waals surface area contributed by atoms with Crippen LogP contribution in [0.1, 0.15) is 36.9 Å². The molecule has 0 radical (unpaired) electrons. The van der Waals surface area contributed by atoms with Crippen molar-refractivity contribution in [2.24, 2.45) is 0 Å². The lowest BCUT2D eigenvalue weighted by Crippen LogP contribution is -2.37. The summed E-state index contributed by atoms with van der Waals surface area (Å²) in [4.78, 5) is 13.4. The average Bonchev–Trinajstić information content (AvgIpc) is 3.06. The lowest BCUT2D eigenvalue weighted by Gasteiger charge is -2.27. The van der Waals surface area contributed by atoms with Gasteiger partial charge in [-0.1, -0.05) is 37.3 Å². The van der Waals surface area contributed by atoms with Gasteiger partial charge >= 0.3 is 5.97 Å². The van der Waals surface area contributed by atoms with Crippen molar-refractivity contribution in [3.8, 4) is 5.75 Å². The highest BCUT2D eigenvalue weighted by molar-refractivity contribution is 5.74. The minimum absolute atomic E-state index is 0.117. The summed E-state index contributed by atoms with van der Waals surface area (Å²) in [5.41, 5.74) is 1.60. The van der Waals surface area contributed by atoms with Gasteiger partial charge in [0.1, 0.15) is 24.2 Å². The van der Waals surface area contributed by atoms with E-state index in [0.717, 1.165) is 12.0 Å². The molecule has 25 heavy (non-hydrogen) atoms. The van der Waals surface area contributed by atoms with E-state index in [1.54, 1.807) is 18.2 Å². The maximum Gasteiger partial charge on any atom is 0.320 e. The second-order valence-electron chi connectivity index (χ2n) is 6.23. The van der Waals surface area contributed by atoms with Crippen LogP contribution < -0.4 is 4.74 Å². The van der Waals surface area contributed by atoms with E-state index in [4.69, 9.17) is 4.74 Å². The molecule has 2 aromatic rings. The van der Waals surface area contributed by atoms with Crippen molar-refractivity contribution in [1.82, 2.24) is 4.90 Å². The van der Waals surface area contributed by atoms with Gasteiger partial charge in [-0.05, 0) is 43.1 Å². The van der Waals surface area contributed by atoms with Gasteiger partial charge in [0.2, 0.25) is 0 Å². The summed E-state index contributed by atoms with van der Waals surface area (Å²) in [5, 5.41) is 9.33. The van der Waals surface area contributed by atoms with E-state index in [-0.39, 0.29) is 18.5 Å². The van der Waals surface area contributed by atoms with Crippen molar-refractivity contribution in [3.05, 3.63) is 65.5 Å². The topological polar surface area (TPSA) is 49.8 Å². The third-order valence-electron chi connectivity index (χ3n) is 4.78. The Kier molecular flexibility index (Phi) is 5.34. The van der Waals surface area contributed by atoms with Crippen molar-refractivity contribution in [3.63, 3.8) is 0 Å². The summed E-state index contributed by atoms with van der Waals surface area (Å²) in [5.74, 6) is -0.361. The molecule has 1 N–H and O–H groups in total. The highest BCUT2D eigenvalue weighted by atomic mass is 19.1. The van der Waals surface area contributed by atoms with Crippen LogP contribution in [-0.2, 0) is 11.4 Å². The zero-order chi connectivity index (χ0) is 17.8. The molecule has 132 valence electrons. The molecule has 0 aliphatic carbocycles. The average molecular weight is 343 g/mol. The first-order valence-corrected chi connectivity index (χ1v) is 8.55. The molecule has 2 atom stereocenters. The van der Waals surface area contributed by atoms with Crippen molar-refractivity contribution >= 4 is 5.97 Å². The molecule has 0 spiro atoms. The number of rotatable bonds is 6. The van der Waals surface area contributed by atoms with Gasteiger partial charge in [-0.3, -0.25) is 9.69 Å². The summed E-state index contributed by atoms with van der Waals surface area (Å²) in [6, 6.07) is 13.9. The van der Waals surface area contributed by atoms with Crippen LogP contribution in [0.15, 0.2) is 48.5 Å². The fourth-order valence-electron chi connectivity index (χ4n) is 3.49. The fraction of sp³-hybridized carbons (Fsp3) is 0.350. The predicted octanol–water partition coefficient (Wildman–Crippen LogP) is 4.01. The van der Waals surface area contributed by atoms with E-state index in [0.29, 0.717) is 24.3 Å². The van der Waals surface area contributed by atoms with Crippen molar-refractivity contribution in [2.45, 2.75) is 38.5 Å². The Morgan fingerprint density at radius 1 is 1.20 bits per heavy atom. The standard InChI is InChI=1S/C20H22FNO3/c1-2-22-18(11-12-19(22)20(23)24)14-7-9-16(10-8-14)25-13-15-5-3-4-6-17(15)21/h3-10,18-19H,2,11-13H2,1H3,(H,23,24). The predicted molar refractivity (Wildman–Crippen MR) is 93.0 cm³/mol. The maximum atomic E-state index is 13.6. The number of carboxylic acids is 1. The Balaban J connectivity index is 1.66. The number of likely N-dealkylation sites (tertiary alicyclic amines) is 1. The Morgan fingerprint density at radius 2 is 1.92 bits per heavy atom. The van der Waals surface area contributed by atoms with Gasteiger partial charge in [-0.2, -0.15) is 0 Å². The van der Waals surface area contributed by atoms with Crippen LogP contribution in [0.5, 0.6) is 5.75 Å². The molecule has 1 aliphatic rings. The summed E-state index contributed by atoms with van der Waals surface area (Å²) < 4.78 is 19.3. The van der Waals surface area contributed by atoms with E-state index in [1.165, 1.54) is 6.07 Å². The third-order valence-corrected chi connectivity index (χ3v) is 4.78. The van der Waals surface area contributed by atoms with Crippen LogP contribution >= 0.6 is 0 Å². The Hall–Kier alpha value is -2.40. The number of ether oxygens (including phenoxy) is 1. The van der Waals surface area contributed by atoms with E-state index >= 15 is 0 Å². The van der Waals surface area contributed by atoms with Crippen molar-refractivity contribution in [2.75, 3.05) is 6.54 Å². The molecule has 0 aromatic heterocycles. The first kappa shape index (κ1) is 17.4. The number of halogens is 1. The van der Waals surface area contributed by atoms with Gasteiger partial charge in [-0.25, -0.2) is 4.39 Å². The van der Waals surface area contributed by atoms with Crippen molar-refractivity contribution in [1.29, 1.82) is 0 Å². The molecule has 5 heteroatoms. The molecule has 2 unspecified atom stereocenters. The van der Waals surface area contributed by atoms with Crippen LogP contribution in [-0.4, -0.2) is 28.6 Å². The van der Waals surface area contributed by atoms with Crippen LogP contribution in [0.3, 0.4) is 0 Å². The molecular weight excluding hydrogens is 321 g/mol. The zero-order valence-electron chi connectivity index (χ0n) is 14.2. The van der Waals surface area contributed by atoms with Crippen LogP contribution in [0, 0.1) is 5.82 Å². The summed E-state index contributed by atoms with van der Waals surface area (Å²) in [6.45, 7) is 2.87. The first-order valence-electron chi connectivity index (χ1n) is 8.55. The maximum absolute atomic E-state index is 13.6. The van der Waals surface area contributed by atoms with Crippen LogP contribution in [0.2, 0.25) is 0 Å². The molecule has 0 bridgehead atoms. The van der Waals surface area contributed by atoms with E-state index in [9.17, 15) is 14.3 Å². The second kappa shape index (κ2) is 7.66. The molecule has 1 heterocycles. The SMILES string of the molecule is CCN1C(C(=O)O)CCC1c1ccc(OCc2ccccc2F)cc1. The highest BCUT2D eigenvalue weighted by Crippen LogP contribution is 2.36. The zero-order valence-corrected chi connectivity index (χ0v) is 14.2. The number of aliphatic carboxylic acids is 1. The van der Waals surface area contributed by atoms with E-state index in [1.807, 2.05) is 36.1 Å². The number of benzene rings is 2. The molecule has 1 aliphatic heterocycles. The molecule has 4 nitrogen and oxygen atoms in total. The lowest BCUT2D eigenvalue weighted by atomic mass is 10.0. The number of carboxylic acid groups (broad SMARTS) is 1. The van der Waals surface area contributed by atoms with Gasteiger partial charge in [0.25, 0.3) is 0 Å². The minimum Gasteiger partial charge on any atom is -0.489 e.